The van der Waals surface area contributed by atoms with Crippen molar-refractivity contribution >= 4 is 16.5 Å². The summed E-state index contributed by atoms with van der Waals surface area (Å²) in [6.45, 7) is 0. The average Bonchev–Trinajstić information content (AvgIpc) is 2.95. The number of thiazole rings is 1. The molecule has 3 nitrogen and oxygen atoms in total. The third-order valence-corrected chi connectivity index (χ3v) is 4.65. The number of aryl methyl sites for hydroxylation is 1. The van der Waals surface area contributed by atoms with Crippen LogP contribution in [-0.4, -0.2) is 4.98 Å². The number of hydrogen-bond donors (Lipinski definition) is 1. The Hall–Kier alpha value is -2.07. The molecule has 0 radical (unpaired) electrons. The van der Waals surface area contributed by atoms with E-state index < -0.39 is 11.7 Å². The summed E-state index contributed by atoms with van der Waals surface area (Å²) >= 11 is 1.34. The fourth-order valence-electron chi connectivity index (χ4n) is 2.68. The molecule has 7 heteroatoms. The number of fused-ring (bicyclic) bond motifs is 1. The predicted octanol–water partition coefficient (Wildman–Crippen LogP) is 3.69. The van der Waals surface area contributed by atoms with Gasteiger partial charge in [0.15, 0.2) is 5.13 Å². The molecule has 1 unspecified atom stereocenters. The number of nitriles is 1. The van der Waals surface area contributed by atoms with Gasteiger partial charge in [0.05, 0.1) is 22.9 Å². The van der Waals surface area contributed by atoms with Crippen molar-refractivity contribution in [1.82, 2.24) is 4.98 Å². The summed E-state index contributed by atoms with van der Waals surface area (Å²) in [6.07, 6.45) is -2.96. The molecule has 0 saturated heterocycles. The highest BCUT2D eigenvalue weighted by molar-refractivity contribution is 7.15. The van der Waals surface area contributed by atoms with Crippen LogP contribution in [0.2, 0.25) is 0 Å². The first-order chi connectivity index (χ1) is 9.90. The molecule has 0 aliphatic heterocycles. The molecule has 108 valence electrons. The first kappa shape index (κ1) is 13.9. The third kappa shape index (κ3) is 2.36. The maximum atomic E-state index is 12.7. The molecule has 1 aliphatic carbocycles. The summed E-state index contributed by atoms with van der Waals surface area (Å²) in [7, 11) is 0. The van der Waals surface area contributed by atoms with E-state index in [4.69, 9.17) is 11.0 Å². The first-order valence-electron chi connectivity index (χ1n) is 6.26. The van der Waals surface area contributed by atoms with Gasteiger partial charge in [-0.3, -0.25) is 0 Å². The van der Waals surface area contributed by atoms with Crippen LogP contribution in [0.1, 0.15) is 39.6 Å². The number of anilines is 1. The Kier molecular flexibility index (Phi) is 3.14. The highest BCUT2D eigenvalue weighted by Crippen LogP contribution is 2.44. The normalized spacial score (nSPS) is 17.5. The molecule has 2 aromatic rings. The minimum atomic E-state index is -4.44. The number of nitrogen functional groups attached to an aromatic ring is 1. The number of benzene rings is 1. The number of nitrogens with two attached hydrogens (primary N) is 1. The lowest BCUT2D eigenvalue weighted by atomic mass is 9.92. The number of halogens is 3. The van der Waals surface area contributed by atoms with Crippen LogP contribution in [0.3, 0.4) is 0 Å². The van der Waals surface area contributed by atoms with Gasteiger partial charge in [0.1, 0.15) is 0 Å². The van der Waals surface area contributed by atoms with E-state index in [2.05, 4.69) is 4.98 Å². The Balaban J connectivity index is 2.06. The maximum absolute atomic E-state index is 12.7. The molecule has 2 N–H and O–H groups in total. The summed E-state index contributed by atoms with van der Waals surface area (Å²) in [5.41, 5.74) is 6.45. The van der Waals surface area contributed by atoms with Crippen molar-refractivity contribution in [3.8, 4) is 6.07 Å². The van der Waals surface area contributed by atoms with Crippen molar-refractivity contribution < 1.29 is 13.2 Å². The fourth-order valence-corrected chi connectivity index (χ4v) is 3.71. The molecule has 21 heavy (non-hydrogen) atoms. The van der Waals surface area contributed by atoms with Crippen LogP contribution in [0, 0.1) is 11.3 Å². The number of nitrogens with zero attached hydrogens (tertiary/aromatic N) is 2. The molecular weight excluding hydrogens is 299 g/mol. The topological polar surface area (TPSA) is 62.7 Å². The van der Waals surface area contributed by atoms with Crippen LogP contribution in [0.4, 0.5) is 18.3 Å². The van der Waals surface area contributed by atoms with E-state index in [-0.39, 0.29) is 11.5 Å². The Morgan fingerprint density at radius 1 is 1.38 bits per heavy atom. The third-order valence-electron chi connectivity index (χ3n) is 3.61. The summed E-state index contributed by atoms with van der Waals surface area (Å²) < 4.78 is 38.2. The summed E-state index contributed by atoms with van der Waals surface area (Å²) in [6, 6.07) is 5.22. The van der Waals surface area contributed by atoms with Gasteiger partial charge in [0.25, 0.3) is 0 Å². The fraction of sp³-hybridized carbons (Fsp3) is 0.286. The Labute approximate surface area is 122 Å². The summed E-state index contributed by atoms with van der Waals surface area (Å²) in [5, 5.41) is 9.62. The van der Waals surface area contributed by atoms with Crippen molar-refractivity contribution in [1.29, 1.82) is 5.26 Å². The van der Waals surface area contributed by atoms with E-state index in [0.29, 0.717) is 10.7 Å². The Morgan fingerprint density at radius 2 is 2.14 bits per heavy atom. The molecule has 3 rings (SSSR count). The predicted molar refractivity (Wildman–Crippen MR) is 72.8 cm³/mol. The summed E-state index contributed by atoms with van der Waals surface area (Å²) in [4.78, 5) is 5.17. The van der Waals surface area contributed by atoms with Crippen LogP contribution in [0.25, 0.3) is 0 Å². The maximum Gasteiger partial charge on any atom is 0.416 e. The second-order valence-electron chi connectivity index (χ2n) is 4.87. The average molecular weight is 309 g/mol. The molecular formula is C14H10F3N3S. The van der Waals surface area contributed by atoms with Crippen LogP contribution >= 0.6 is 11.3 Å². The lowest BCUT2D eigenvalue weighted by molar-refractivity contribution is -0.137. The van der Waals surface area contributed by atoms with E-state index in [0.717, 1.165) is 35.5 Å². The minimum absolute atomic E-state index is 0.0645. The van der Waals surface area contributed by atoms with Crippen LogP contribution < -0.4 is 5.73 Å². The van der Waals surface area contributed by atoms with Crippen molar-refractivity contribution in [2.45, 2.75) is 24.9 Å². The number of aromatic nitrogens is 1. The molecule has 1 atom stereocenters. The molecule has 0 bridgehead atoms. The molecule has 0 amide bonds. The summed E-state index contributed by atoms with van der Waals surface area (Å²) in [5.74, 6) is -0.0910. The van der Waals surface area contributed by atoms with E-state index in [1.165, 1.54) is 17.4 Å². The molecule has 1 heterocycles. The monoisotopic (exact) mass is 309 g/mol. The smallest absolute Gasteiger partial charge is 0.375 e. The van der Waals surface area contributed by atoms with E-state index >= 15 is 0 Å². The van der Waals surface area contributed by atoms with Crippen LogP contribution in [0.5, 0.6) is 0 Å². The minimum Gasteiger partial charge on any atom is -0.375 e. The van der Waals surface area contributed by atoms with Crippen LogP contribution in [0.15, 0.2) is 18.2 Å². The molecule has 0 saturated carbocycles. The van der Waals surface area contributed by atoms with Crippen molar-refractivity contribution in [3.63, 3.8) is 0 Å². The molecule has 1 aromatic carbocycles. The van der Waals surface area contributed by atoms with Crippen molar-refractivity contribution in [2.24, 2.45) is 0 Å². The SMILES string of the molecule is N#Cc1cc(C(F)(F)F)ccc1C1CCc2nc(N)sc21. The van der Waals surface area contributed by atoms with Crippen LogP contribution in [-0.2, 0) is 12.6 Å². The standard InChI is InChI=1S/C14H10F3N3S/c15-14(16,17)8-1-2-9(7(5-8)6-18)10-3-4-11-12(10)21-13(19)20-11/h1-2,5,10H,3-4H2,(H2,19,20). The Bertz CT molecular complexity index is 743. The van der Waals surface area contributed by atoms with E-state index in [1.807, 2.05) is 6.07 Å². The highest BCUT2D eigenvalue weighted by Gasteiger charge is 2.33. The first-order valence-corrected chi connectivity index (χ1v) is 7.08. The highest BCUT2D eigenvalue weighted by atomic mass is 32.1. The van der Waals surface area contributed by atoms with Gasteiger partial charge in [-0.15, -0.1) is 11.3 Å². The molecule has 1 aromatic heterocycles. The van der Waals surface area contributed by atoms with Gasteiger partial charge in [-0.2, -0.15) is 18.4 Å². The number of alkyl halides is 3. The number of rotatable bonds is 1. The van der Waals surface area contributed by atoms with Gasteiger partial charge in [0.2, 0.25) is 0 Å². The second kappa shape index (κ2) is 4.74. The second-order valence-corrected chi connectivity index (χ2v) is 5.93. The van der Waals surface area contributed by atoms with Gasteiger partial charge in [-0.1, -0.05) is 6.07 Å². The zero-order chi connectivity index (χ0) is 15.2. The van der Waals surface area contributed by atoms with Gasteiger partial charge in [-0.25, -0.2) is 4.98 Å². The van der Waals surface area contributed by atoms with Crippen molar-refractivity contribution in [2.75, 3.05) is 5.73 Å². The lowest BCUT2D eigenvalue weighted by Crippen LogP contribution is -2.07. The van der Waals surface area contributed by atoms with Gasteiger partial charge < -0.3 is 5.73 Å². The largest absolute Gasteiger partial charge is 0.416 e. The zero-order valence-corrected chi connectivity index (χ0v) is 11.6. The van der Waals surface area contributed by atoms with E-state index in [1.54, 1.807) is 0 Å². The molecule has 1 aliphatic rings. The van der Waals surface area contributed by atoms with E-state index in [9.17, 15) is 13.2 Å². The number of hydrogen-bond acceptors (Lipinski definition) is 4. The lowest BCUT2D eigenvalue weighted by Gasteiger charge is -2.14. The molecule has 0 spiro atoms. The van der Waals surface area contributed by atoms with Crippen molar-refractivity contribution in [3.05, 3.63) is 45.5 Å². The zero-order valence-electron chi connectivity index (χ0n) is 10.7. The van der Waals surface area contributed by atoms with Gasteiger partial charge >= 0.3 is 6.18 Å². The van der Waals surface area contributed by atoms with Gasteiger partial charge in [0, 0.05) is 10.8 Å². The Morgan fingerprint density at radius 3 is 2.81 bits per heavy atom. The quantitative estimate of drug-likeness (QED) is 0.873. The van der Waals surface area contributed by atoms with Gasteiger partial charge in [-0.05, 0) is 30.5 Å². The molecule has 0 fully saturated rings.